The first kappa shape index (κ1) is 11.6. The Balaban J connectivity index is 1.69. The number of likely N-dealkylation sites (tertiary alicyclic amines) is 1. The Morgan fingerprint density at radius 2 is 1.88 bits per heavy atom. The molecule has 2 aliphatic rings. The lowest BCUT2D eigenvalue weighted by Gasteiger charge is -2.26. The Kier molecular flexibility index (Phi) is 3.39. The second-order valence-electron chi connectivity index (χ2n) is 5.46. The molecule has 3 rings (SSSR count). The smallest absolute Gasteiger partial charge is 0.0453 e. The van der Waals surface area contributed by atoms with Gasteiger partial charge in [0.05, 0.1) is 0 Å². The van der Waals surface area contributed by atoms with Gasteiger partial charge in [-0.3, -0.25) is 4.90 Å². The van der Waals surface area contributed by atoms with Crippen molar-refractivity contribution in [1.82, 2.24) is 4.90 Å². The lowest BCUT2D eigenvalue weighted by molar-refractivity contribution is 0.221. The predicted molar refractivity (Wildman–Crippen MR) is 72.6 cm³/mol. The molecule has 0 unspecified atom stereocenters. The molecular weight excluding hydrogens is 230 g/mol. The second-order valence-corrected chi connectivity index (χ2v) is 5.87. The van der Waals surface area contributed by atoms with Crippen molar-refractivity contribution in [1.29, 1.82) is 0 Å². The summed E-state index contributed by atoms with van der Waals surface area (Å²) in [6.07, 6.45) is 6.78. The molecule has 92 valence electrons. The fourth-order valence-electron chi connectivity index (χ4n) is 2.72. The highest BCUT2D eigenvalue weighted by Gasteiger charge is 2.24. The maximum absolute atomic E-state index is 6.39. The van der Waals surface area contributed by atoms with Crippen molar-refractivity contribution >= 4 is 11.6 Å². The number of halogens is 1. The molecule has 0 aromatic heterocycles. The average molecular weight is 250 g/mol. The quantitative estimate of drug-likeness (QED) is 0.776. The van der Waals surface area contributed by atoms with Gasteiger partial charge in [-0.2, -0.15) is 0 Å². The summed E-state index contributed by atoms with van der Waals surface area (Å²) >= 11 is 6.39. The van der Waals surface area contributed by atoms with Crippen LogP contribution in [0.1, 0.15) is 49.1 Å². The molecule has 0 bridgehead atoms. The van der Waals surface area contributed by atoms with Crippen molar-refractivity contribution < 1.29 is 0 Å². The van der Waals surface area contributed by atoms with E-state index in [2.05, 4.69) is 23.1 Å². The highest BCUT2D eigenvalue weighted by atomic mass is 35.5. The van der Waals surface area contributed by atoms with E-state index >= 15 is 0 Å². The molecular formula is C15H20ClN. The van der Waals surface area contributed by atoms with Gasteiger partial charge in [-0.05, 0) is 61.9 Å². The third kappa shape index (κ3) is 2.83. The molecule has 0 spiro atoms. The summed E-state index contributed by atoms with van der Waals surface area (Å²) in [5, 5.41) is 0.972. The van der Waals surface area contributed by atoms with Crippen molar-refractivity contribution in [3.8, 4) is 0 Å². The zero-order chi connectivity index (χ0) is 11.7. The number of nitrogens with zero attached hydrogens (tertiary/aromatic N) is 1. The molecule has 17 heavy (non-hydrogen) atoms. The van der Waals surface area contributed by atoms with Crippen LogP contribution in [0.5, 0.6) is 0 Å². The largest absolute Gasteiger partial charge is 0.299 e. The monoisotopic (exact) mass is 249 g/mol. The molecule has 0 atom stereocenters. The van der Waals surface area contributed by atoms with E-state index in [4.69, 9.17) is 11.6 Å². The van der Waals surface area contributed by atoms with Crippen LogP contribution in [0.4, 0.5) is 0 Å². The minimum atomic E-state index is 0.802. The number of rotatable bonds is 3. The van der Waals surface area contributed by atoms with E-state index in [-0.39, 0.29) is 0 Å². The Morgan fingerprint density at radius 1 is 1.12 bits per heavy atom. The summed E-state index contributed by atoms with van der Waals surface area (Å²) in [4.78, 5) is 2.53. The van der Waals surface area contributed by atoms with Gasteiger partial charge < -0.3 is 0 Å². The Hall–Kier alpha value is -0.530. The van der Waals surface area contributed by atoms with Crippen molar-refractivity contribution in [3.05, 3.63) is 34.3 Å². The Bertz CT molecular complexity index is 392. The van der Waals surface area contributed by atoms with E-state index in [9.17, 15) is 0 Å². The molecule has 2 heteroatoms. The van der Waals surface area contributed by atoms with Gasteiger partial charge in [-0.15, -0.1) is 0 Å². The SMILES string of the molecule is Clc1cc(C2CC2)ccc1CN1CCCCC1. The van der Waals surface area contributed by atoms with E-state index in [0.717, 1.165) is 17.5 Å². The summed E-state index contributed by atoms with van der Waals surface area (Å²) in [5.41, 5.74) is 2.75. The molecule has 1 aliphatic carbocycles. The maximum atomic E-state index is 6.39. The van der Waals surface area contributed by atoms with Crippen LogP contribution in [-0.2, 0) is 6.54 Å². The normalized spacial score (nSPS) is 21.7. The summed E-state index contributed by atoms with van der Waals surface area (Å²) < 4.78 is 0. The minimum absolute atomic E-state index is 0.802. The van der Waals surface area contributed by atoms with Gasteiger partial charge in [-0.25, -0.2) is 0 Å². The first-order chi connectivity index (χ1) is 8.33. The van der Waals surface area contributed by atoms with Crippen LogP contribution in [0.2, 0.25) is 5.02 Å². The van der Waals surface area contributed by atoms with Crippen LogP contribution in [-0.4, -0.2) is 18.0 Å². The lowest BCUT2D eigenvalue weighted by Crippen LogP contribution is -2.29. The van der Waals surface area contributed by atoms with Crippen LogP contribution < -0.4 is 0 Å². The average Bonchev–Trinajstić information content (AvgIpc) is 3.17. The molecule has 1 aliphatic heterocycles. The topological polar surface area (TPSA) is 3.24 Å². The molecule has 0 amide bonds. The molecule has 1 saturated carbocycles. The molecule has 2 fully saturated rings. The minimum Gasteiger partial charge on any atom is -0.299 e. The molecule has 1 aromatic rings. The zero-order valence-corrected chi connectivity index (χ0v) is 11.0. The molecule has 1 heterocycles. The van der Waals surface area contributed by atoms with Crippen LogP contribution in [0.3, 0.4) is 0 Å². The van der Waals surface area contributed by atoms with Crippen molar-refractivity contribution in [3.63, 3.8) is 0 Å². The molecule has 1 aromatic carbocycles. The van der Waals surface area contributed by atoms with E-state index in [1.54, 1.807) is 0 Å². The van der Waals surface area contributed by atoms with Crippen LogP contribution in [0.25, 0.3) is 0 Å². The van der Waals surface area contributed by atoms with Gasteiger partial charge in [0.2, 0.25) is 0 Å². The van der Waals surface area contributed by atoms with Crippen molar-refractivity contribution in [2.75, 3.05) is 13.1 Å². The summed E-state index contributed by atoms with van der Waals surface area (Å²) in [7, 11) is 0. The highest BCUT2D eigenvalue weighted by molar-refractivity contribution is 6.31. The van der Waals surface area contributed by atoms with Gasteiger partial charge in [0.25, 0.3) is 0 Å². The zero-order valence-electron chi connectivity index (χ0n) is 10.3. The van der Waals surface area contributed by atoms with Gasteiger partial charge in [-0.1, -0.05) is 30.2 Å². The number of benzene rings is 1. The van der Waals surface area contributed by atoms with E-state index < -0.39 is 0 Å². The predicted octanol–water partition coefficient (Wildman–Crippen LogP) is 4.20. The first-order valence-corrected chi connectivity index (χ1v) is 7.21. The fraction of sp³-hybridized carbons (Fsp3) is 0.600. The third-order valence-corrected chi connectivity index (χ3v) is 4.32. The first-order valence-electron chi connectivity index (χ1n) is 6.83. The van der Waals surface area contributed by atoms with Gasteiger partial charge in [0, 0.05) is 11.6 Å². The standard InChI is InChI=1S/C15H20ClN/c16-15-10-13(12-4-5-12)6-7-14(15)11-17-8-2-1-3-9-17/h6-7,10,12H,1-5,8-9,11H2. The van der Waals surface area contributed by atoms with E-state index in [0.29, 0.717) is 0 Å². The van der Waals surface area contributed by atoms with E-state index in [1.807, 2.05) is 0 Å². The van der Waals surface area contributed by atoms with Crippen molar-refractivity contribution in [2.45, 2.75) is 44.6 Å². The summed E-state index contributed by atoms with van der Waals surface area (Å²) in [6, 6.07) is 6.71. The van der Waals surface area contributed by atoms with Gasteiger partial charge >= 0.3 is 0 Å². The highest BCUT2D eigenvalue weighted by Crippen LogP contribution is 2.41. The summed E-state index contributed by atoms with van der Waals surface area (Å²) in [6.45, 7) is 3.51. The van der Waals surface area contributed by atoms with Gasteiger partial charge in [0.1, 0.15) is 0 Å². The number of hydrogen-bond acceptors (Lipinski definition) is 1. The van der Waals surface area contributed by atoms with Crippen LogP contribution >= 0.6 is 11.6 Å². The van der Waals surface area contributed by atoms with Crippen LogP contribution in [0, 0.1) is 0 Å². The summed E-state index contributed by atoms with van der Waals surface area (Å²) in [5.74, 6) is 0.802. The van der Waals surface area contributed by atoms with Crippen molar-refractivity contribution in [2.24, 2.45) is 0 Å². The Morgan fingerprint density at radius 3 is 2.53 bits per heavy atom. The molecule has 1 nitrogen and oxygen atoms in total. The number of hydrogen-bond donors (Lipinski definition) is 0. The fourth-order valence-corrected chi connectivity index (χ4v) is 2.97. The van der Waals surface area contributed by atoms with E-state index in [1.165, 1.54) is 56.3 Å². The van der Waals surface area contributed by atoms with Crippen LogP contribution in [0.15, 0.2) is 18.2 Å². The molecule has 1 saturated heterocycles. The Labute approximate surface area is 109 Å². The lowest BCUT2D eigenvalue weighted by atomic mass is 10.1. The maximum Gasteiger partial charge on any atom is 0.0453 e. The third-order valence-electron chi connectivity index (χ3n) is 3.97. The second kappa shape index (κ2) is 4.99. The number of piperidine rings is 1. The van der Waals surface area contributed by atoms with Gasteiger partial charge in [0.15, 0.2) is 0 Å². The molecule has 0 radical (unpaired) electrons. The molecule has 0 N–H and O–H groups in total.